The zero-order chi connectivity index (χ0) is 8.15. The first-order chi connectivity index (χ1) is 4.52. The third kappa shape index (κ3) is 5.17. The first-order valence-electron chi connectivity index (χ1n) is 2.40. The molecule has 0 heterocycles. The molecule has 0 aliphatic rings. The van der Waals surface area contributed by atoms with Gasteiger partial charge in [-0.25, -0.2) is 0 Å². The highest BCUT2D eigenvalue weighted by molar-refractivity contribution is 6.82. The Kier molecular flexibility index (Phi) is 3.56. The Morgan fingerprint density at radius 3 is 1.70 bits per heavy atom. The molecule has 0 aromatic carbocycles. The van der Waals surface area contributed by atoms with Crippen molar-refractivity contribution >= 4 is 26.6 Å². The van der Waals surface area contributed by atoms with E-state index in [-0.39, 0.29) is 0 Å². The first-order valence-corrected chi connectivity index (χ1v) is 2.40. The second-order valence-electron chi connectivity index (χ2n) is 1.60. The van der Waals surface area contributed by atoms with E-state index >= 15 is 0 Å². The lowest BCUT2D eigenvalue weighted by atomic mass is 9.78. The molecule has 10 heavy (non-hydrogen) atoms. The van der Waals surface area contributed by atoms with Gasteiger partial charge in [0.2, 0.25) is 0 Å². The van der Waals surface area contributed by atoms with Crippen molar-refractivity contribution in [2.75, 3.05) is 7.05 Å². The highest BCUT2D eigenvalue weighted by Crippen LogP contribution is 1.76. The number of hydrogen-bond acceptors (Lipinski definition) is 3. The van der Waals surface area contributed by atoms with Gasteiger partial charge < -0.3 is 14.9 Å². The van der Waals surface area contributed by atoms with Crippen LogP contribution in [-0.4, -0.2) is 48.5 Å². The zero-order valence-corrected chi connectivity index (χ0v) is 5.31. The minimum Gasteiger partial charge on any atom is -0.488 e. The normalized spacial score (nSPS) is 9.00. The number of rotatable bonds is 4. The Morgan fingerprint density at radius 1 is 1.20 bits per heavy atom. The highest BCUT2D eigenvalue weighted by atomic mass is 16.4. The molecule has 0 amide bonds. The molecular weight excluding hydrogens is 136 g/mol. The smallest absolute Gasteiger partial charge is 0.345 e. The first kappa shape index (κ1) is 9.03. The van der Waals surface area contributed by atoms with Crippen molar-refractivity contribution in [1.29, 1.82) is 0 Å². The van der Waals surface area contributed by atoms with Gasteiger partial charge in [-0.05, 0) is 7.05 Å². The average molecular weight is 141 g/mol. The fourth-order valence-electron chi connectivity index (χ4n) is 0.386. The van der Waals surface area contributed by atoms with Crippen LogP contribution in [0.1, 0.15) is 0 Å². The van der Waals surface area contributed by atoms with E-state index < -0.39 is 11.7 Å². The van der Waals surface area contributed by atoms with Crippen LogP contribution in [0.25, 0.3) is 0 Å². The molecule has 2 radical (unpaired) electrons. The lowest BCUT2D eigenvalue weighted by Crippen LogP contribution is -2.36. The van der Waals surface area contributed by atoms with Crippen molar-refractivity contribution < 1.29 is 19.8 Å². The molecule has 0 aromatic rings. The van der Waals surface area contributed by atoms with Gasteiger partial charge in [0.05, 0.1) is 0 Å². The molecule has 0 aliphatic heterocycles. The summed E-state index contributed by atoms with van der Waals surface area (Å²) in [6.45, 7) is 0. The van der Waals surface area contributed by atoms with Crippen LogP contribution in [0.15, 0.2) is 0 Å². The SMILES string of the molecule is CN([B]C(=O)O)[B]C(=O)O. The van der Waals surface area contributed by atoms with E-state index in [4.69, 9.17) is 10.2 Å². The molecule has 52 valence electrons. The van der Waals surface area contributed by atoms with Gasteiger partial charge in [0.25, 0.3) is 11.7 Å². The van der Waals surface area contributed by atoms with Gasteiger partial charge in [0, 0.05) is 0 Å². The van der Waals surface area contributed by atoms with E-state index in [1.165, 1.54) is 7.05 Å². The molecule has 0 spiro atoms. The predicted molar refractivity (Wildman–Crippen MR) is 35.3 cm³/mol. The maximum atomic E-state index is 9.88. The summed E-state index contributed by atoms with van der Waals surface area (Å²) < 4.78 is 0.949. The standard InChI is InChI=1S/C3H5B2NO4/c1-6(4-2(7)8)5-3(9)10/h1H3,(H,7,8)(H,9,10). The summed E-state index contributed by atoms with van der Waals surface area (Å²) in [5.41, 5.74) is 0. The lowest BCUT2D eigenvalue weighted by molar-refractivity contribution is 0.218. The Balaban J connectivity index is 3.53. The molecule has 0 saturated heterocycles. The summed E-state index contributed by atoms with van der Waals surface area (Å²) in [5.74, 6) is -2.36. The van der Waals surface area contributed by atoms with E-state index in [1.807, 2.05) is 0 Å². The van der Waals surface area contributed by atoms with Crippen molar-refractivity contribution in [3.8, 4) is 0 Å². The van der Waals surface area contributed by atoms with Crippen molar-refractivity contribution in [3.63, 3.8) is 0 Å². The molecule has 0 bridgehead atoms. The molecule has 7 heteroatoms. The fourth-order valence-corrected chi connectivity index (χ4v) is 0.386. The maximum Gasteiger partial charge on any atom is 0.345 e. The van der Waals surface area contributed by atoms with Crippen LogP contribution in [0.2, 0.25) is 0 Å². The molecule has 0 fully saturated rings. The quantitative estimate of drug-likeness (QED) is 0.516. The van der Waals surface area contributed by atoms with Crippen molar-refractivity contribution in [2.24, 2.45) is 0 Å². The zero-order valence-electron chi connectivity index (χ0n) is 5.31. The van der Waals surface area contributed by atoms with Crippen molar-refractivity contribution in [3.05, 3.63) is 0 Å². The Labute approximate surface area is 59.2 Å². The topological polar surface area (TPSA) is 77.8 Å². The Morgan fingerprint density at radius 2 is 1.50 bits per heavy atom. The Bertz CT molecular complexity index is 133. The molecule has 0 atom stereocenters. The van der Waals surface area contributed by atoms with E-state index in [1.54, 1.807) is 0 Å². The molecule has 0 saturated carbocycles. The highest BCUT2D eigenvalue weighted by Gasteiger charge is 2.12. The lowest BCUT2D eigenvalue weighted by Gasteiger charge is -2.05. The van der Waals surface area contributed by atoms with Gasteiger partial charge in [-0.15, -0.1) is 0 Å². The van der Waals surface area contributed by atoms with Crippen LogP contribution in [0.5, 0.6) is 0 Å². The molecular formula is C3H5B2NO4. The summed E-state index contributed by atoms with van der Waals surface area (Å²) in [4.78, 5) is 19.8. The van der Waals surface area contributed by atoms with Gasteiger partial charge in [-0.1, -0.05) is 0 Å². The van der Waals surface area contributed by atoms with E-state index in [0.29, 0.717) is 0 Å². The summed E-state index contributed by atoms with van der Waals surface area (Å²) >= 11 is 0. The summed E-state index contributed by atoms with van der Waals surface area (Å²) in [6.07, 6.45) is 0. The average Bonchev–Trinajstić information content (AvgIpc) is 1.58. The predicted octanol–water partition coefficient (Wildman–Crippen LogP) is -0.487. The van der Waals surface area contributed by atoms with Crippen molar-refractivity contribution in [2.45, 2.75) is 0 Å². The van der Waals surface area contributed by atoms with Gasteiger partial charge in [-0.2, -0.15) is 0 Å². The van der Waals surface area contributed by atoms with Gasteiger partial charge in [0.1, 0.15) is 0 Å². The third-order valence-corrected chi connectivity index (χ3v) is 0.628. The van der Waals surface area contributed by atoms with E-state index in [0.717, 1.165) is 19.6 Å². The van der Waals surface area contributed by atoms with Crippen LogP contribution in [0.3, 0.4) is 0 Å². The molecule has 0 aliphatic carbocycles. The number of carbonyl (C=O) groups is 2. The minimum atomic E-state index is -1.18. The van der Waals surface area contributed by atoms with Crippen LogP contribution in [-0.2, 0) is 0 Å². The van der Waals surface area contributed by atoms with Crippen molar-refractivity contribution in [1.82, 2.24) is 4.72 Å². The van der Waals surface area contributed by atoms with Gasteiger partial charge >= 0.3 is 14.8 Å². The van der Waals surface area contributed by atoms with Crippen LogP contribution in [0.4, 0.5) is 9.59 Å². The Hall–Kier alpha value is -0.970. The monoisotopic (exact) mass is 141 g/mol. The van der Waals surface area contributed by atoms with Crippen LogP contribution < -0.4 is 0 Å². The molecule has 2 N–H and O–H groups in total. The largest absolute Gasteiger partial charge is 0.488 e. The van der Waals surface area contributed by atoms with E-state index in [9.17, 15) is 9.59 Å². The number of hydrogen-bond donors (Lipinski definition) is 2. The van der Waals surface area contributed by atoms with E-state index in [2.05, 4.69) is 0 Å². The fraction of sp³-hybridized carbons (Fsp3) is 0.333. The maximum absolute atomic E-state index is 9.88. The van der Waals surface area contributed by atoms with Crippen LogP contribution >= 0.6 is 0 Å². The second kappa shape index (κ2) is 3.94. The minimum absolute atomic E-state index is 0.744. The molecule has 5 nitrogen and oxygen atoms in total. The van der Waals surface area contributed by atoms with Gasteiger partial charge in [0.15, 0.2) is 0 Å². The summed E-state index contributed by atoms with van der Waals surface area (Å²) in [7, 11) is 2.81. The number of nitrogens with zero attached hydrogens (tertiary/aromatic N) is 1. The second-order valence-corrected chi connectivity index (χ2v) is 1.60. The summed E-state index contributed by atoms with van der Waals surface area (Å²) in [5, 5.41) is 16.2. The third-order valence-electron chi connectivity index (χ3n) is 0.628. The molecule has 0 unspecified atom stereocenters. The van der Waals surface area contributed by atoms with Crippen LogP contribution in [0, 0.1) is 0 Å². The summed E-state index contributed by atoms with van der Waals surface area (Å²) in [6, 6.07) is 0. The molecule has 0 aromatic heterocycles. The van der Waals surface area contributed by atoms with Gasteiger partial charge in [-0.3, -0.25) is 9.59 Å². The molecule has 0 rings (SSSR count). The number of carboxylic acid groups (broad SMARTS) is 2.